The molecule has 0 fully saturated rings. The Hall–Kier alpha value is -2.25. The molecule has 1 radical (unpaired) electrons. The first-order chi connectivity index (χ1) is 6.04. The van der Waals surface area contributed by atoms with Crippen LogP contribution in [0.25, 0.3) is 0 Å². The van der Waals surface area contributed by atoms with Crippen molar-refractivity contribution >= 4 is 5.78 Å². The molecule has 0 aromatic rings. The fourth-order valence-corrected chi connectivity index (χ4v) is 0.687. The van der Waals surface area contributed by atoms with Crippen molar-refractivity contribution in [2.24, 2.45) is 0 Å². The monoisotopic (exact) mass is 184 g/mol. The fourth-order valence-electron chi connectivity index (χ4n) is 0.687. The Morgan fingerprint density at radius 1 is 1.08 bits per heavy atom. The van der Waals surface area contributed by atoms with Gasteiger partial charge in [-0.1, -0.05) is 0 Å². The van der Waals surface area contributed by atoms with Crippen LogP contribution in [0.15, 0.2) is 23.8 Å². The normalized spacial score (nSPS) is 15.5. The summed E-state index contributed by atoms with van der Waals surface area (Å²) < 4.78 is 0. The van der Waals surface area contributed by atoms with Gasteiger partial charge in [0.1, 0.15) is 12.4 Å². The highest BCUT2D eigenvalue weighted by molar-refractivity contribution is 6.05. The third-order valence-electron chi connectivity index (χ3n) is 1.25. The summed E-state index contributed by atoms with van der Waals surface area (Å²) in [4.78, 5) is 29.2. The van der Waals surface area contributed by atoms with Gasteiger partial charge in [-0.25, -0.2) is 0 Å². The molecule has 8 heteroatoms. The number of carbonyl (C=O) groups excluding carboxylic acids is 1. The van der Waals surface area contributed by atoms with Crippen LogP contribution in [0.1, 0.15) is 0 Å². The summed E-state index contributed by atoms with van der Waals surface area (Å²) in [6.45, 7) is 0. The summed E-state index contributed by atoms with van der Waals surface area (Å²) in [7, 11) is 0. The van der Waals surface area contributed by atoms with E-state index in [0.717, 1.165) is 0 Å². The van der Waals surface area contributed by atoms with Gasteiger partial charge in [0, 0.05) is 0 Å². The van der Waals surface area contributed by atoms with Crippen LogP contribution in [-0.4, -0.2) is 15.6 Å². The number of carbonyl (C=O) groups is 1. The molecule has 1 rings (SSSR count). The largest absolute Gasteiger partial charge is 0.341 e. The van der Waals surface area contributed by atoms with E-state index in [-0.39, 0.29) is 0 Å². The van der Waals surface area contributed by atoms with Crippen LogP contribution >= 0.6 is 0 Å². The third-order valence-corrected chi connectivity index (χ3v) is 1.25. The van der Waals surface area contributed by atoms with E-state index in [9.17, 15) is 25.0 Å². The zero-order chi connectivity index (χ0) is 10.0. The van der Waals surface area contributed by atoms with Crippen molar-refractivity contribution in [1.82, 2.24) is 5.32 Å². The van der Waals surface area contributed by atoms with Crippen LogP contribution in [0.2, 0.25) is 0 Å². The molecule has 0 unspecified atom stereocenters. The maximum absolute atomic E-state index is 10.9. The van der Waals surface area contributed by atoms with E-state index in [2.05, 4.69) is 5.32 Å². The predicted octanol–water partition coefficient (Wildman–Crippen LogP) is -0.590. The molecule has 1 aliphatic heterocycles. The molecule has 0 spiro atoms. The summed E-state index contributed by atoms with van der Waals surface area (Å²) in [5.74, 6) is -1.23. The van der Waals surface area contributed by atoms with Crippen LogP contribution in [0, 0.1) is 20.2 Å². The number of nitro groups is 2. The fraction of sp³-hybridized carbons (Fsp3) is 0. The van der Waals surface area contributed by atoms with Crippen LogP contribution in [0.4, 0.5) is 0 Å². The molecule has 67 valence electrons. The second kappa shape index (κ2) is 3.01. The van der Waals surface area contributed by atoms with E-state index in [1.807, 2.05) is 0 Å². The average Bonchev–Trinajstić information content (AvgIpc) is 2.03. The molecule has 0 aromatic carbocycles. The molecular formula is C5H2N3O5. The highest BCUT2D eigenvalue weighted by Gasteiger charge is 2.36. The van der Waals surface area contributed by atoms with Crippen molar-refractivity contribution in [1.29, 1.82) is 0 Å². The molecule has 0 N–H and O–H groups in total. The number of ketones is 1. The Kier molecular flexibility index (Phi) is 2.05. The minimum atomic E-state index is -1.23. The quantitative estimate of drug-likeness (QED) is 0.419. The van der Waals surface area contributed by atoms with Crippen molar-refractivity contribution in [3.8, 4) is 0 Å². The van der Waals surface area contributed by atoms with Gasteiger partial charge in [0.2, 0.25) is 0 Å². The summed E-state index contributed by atoms with van der Waals surface area (Å²) in [6, 6.07) is 0. The van der Waals surface area contributed by atoms with Gasteiger partial charge in [0.25, 0.3) is 0 Å². The lowest BCUT2D eigenvalue weighted by Crippen LogP contribution is -2.23. The number of hydrogen-bond donors (Lipinski definition) is 0. The van der Waals surface area contributed by atoms with Crippen molar-refractivity contribution < 1.29 is 14.6 Å². The van der Waals surface area contributed by atoms with Crippen molar-refractivity contribution in [2.45, 2.75) is 0 Å². The third kappa shape index (κ3) is 1.50. The number of nitrogens with zero attached hydrogens (tertiary/aromatic N) is 3. The lowest BCUT2D eigenvalue weighted by molar-refractivity contribution is -0.435. The van der Waals surface area contributed by atoms with E-state index in [4.69, 9.17) is 0 Å². The molecule has 1 heterocycles. The van der Waals surface area contributed by atoms with Gasteiger partial charge < -0.3 is 0 Å². The zero-order valence-electron chi connectivity index (χ0n) is 6.04. The first-order valence-corrected chi connectivity index (χ1v) is 2.98. The highest BCUT2D eigenvalue weighted by Crippen LogP contribution is 2.10. The number of Topliss-reactive ketones (excluding diaryl/α,β-unsaturated/α-hetero) is 1. The van der Waals surface area contributed by atoms with E-state index in [0.29, 0.717) is 12.4 Å². The summed E-state index contributed by atoms with van der Waals surface area (Å²) in [6.07, 6.45) is 1.35. The molecule has 0 aromatic heterocycles. The van der Waals surface area contributed by atoms with Crippen LogP contribution in [0.3, 0.4) is 0 Å². The van der Waals surface area contributed by atoms with Gasteiger partial charge in [-0.05, 0) is 0 Å². The molecule has 0 saturated heterocycles. The standard InChI is InChI=1S/C5H2N3O5/c9-5-3(7(10)11)1-6-2-4(5)8(12)13/h1-2H. The van der Waals surface area contributed by atoms with Crippen LogP contribution < -0.4 is 5.32 Å². The van der Waals surface area contributed by atoms with Gasteiger partial charge in [-0.2, -0.15) is 0 Å². The second-order valence-corrected chi connectivity index (χ2v) is 2.02. The Labute approximate surface area is 70.8 Å². The molecule has 13 heavy (non-hydrogen) atoms. The second-order valence-electron chi connectivity index (χ2n) is 2.02. The first-order valence-electron chi connectivity index (χ1n) is 2.98. The molecule has 0 bridgehead atoms. The number of rotatable bonds is 2. The average molecular weight is 184 g/mol. The van der Waals surface area contributed by atoms with E-state index in [1.54, 1.807) is 0 Å². The summed E-state index contributed by atoms with van der Waals surface area (Å²) in [5, 5.41) is 23.5. The summed E-state index contributed by atoms with van der Waals surface area (Å²) in [5.41, 5.74) is -1.79. The van der Waals surface area contributed by atoms with Crippen molar-refractivity contribution in [3.63, 3.8) is 0 Å². The van der Waals surface area contributed by atoms with E-state index >= 15 is 0 Å². The van der Waals surface area contributed by atoms with Crippen molar-refractivity contribution in [3.05, 3.63) is 44.0 Å². The maximum atomic E-state index is 10.9. The summed E-state index contributed by atoms with van der Waals surface area (Å²) >= 11 is 0. The predicted molar refractivity (Wildman–Crippen MR) is 37.3 cm³/mol. The highest BCUT2D eigenvalue weighted by atomic mass is 16.6. The van der Waals surface area contributed by atoms with Gasteiger partial charge in [0.05, 0.1) is 9.85 Å². The lowest BCUT2D eigenvalue weighted by atomic mass is 10.2. The topological polar surface area (TPSA) is 117 Å². The minimum absolute atomic E-state index is 0.676. The Balaban J connectivity index is 3.00. The Morgan fingerprint density at radius 3 is 1.77 bits per heavy atom. The van der Waals surface area contributed by atoms with Crippen molar-refractivity contribution in [2.75, 3.05) is 0 Å². The van der Waals surface area contributed by atoms with Crippen LogP contribution in [0.5, 0.6) is 0 Å². The molecule has 0 amide bonds. The lowest BCUT2D eigenvalue weighted by Gasteiger charge is -1.99. The Bertz CT molecular complexity index is 323. The van der Waals surface area contributed by atoms with Gasteiger partial charge in [0.15, 0.2) is 0 Å². The van der Waals surface area contributed by atoms with Crippen LogP contribution in [-0.2, 0) is 4.79 Å². The smallest absolute Gasteiger partial charge is 0.274 e. The first kappa shape index (κ1) is 8.84. The Morgan fingerprint density at radius 2 is 1.46 bits per heavy atom. The maximum Gasteiger partial charge on any atom is 0.341 e. The van der Waals surface area contributed by atoms with Gasteiger partial charge in [-0.3, -0.25) is 30.3 Å². The molecule has 1 aliphatic rings. The van der Waals surface area contributed by atoms with E-state index in [1.165, 1.54) is 0 Å². The molecular weight excluding hydrogens is 182 g/mol. The zero-order valence-corrected chi connectivity index (χ0v) is 6.04. The number of hydrogen-bond acceptors (Lipinski definition) is 5. The minimum Gasteiger partial charge on any atom is -0.274 e. The molecule has 8 nitrogen and oxygen atoms in total. The van der Waals surface area contributed by atoms with Gasteiger partial charge in [-0.15, -0.1) is 0 Å². The molecule has 0 aliphatic carbocycles. The molecule has 0 atom stereocenters. The van der Waals surface area contributed by atoms with E-state index < -0.39 is 27.0 Å². The van der Waals surface area contributed by atoms with Gasteiger partial charge >= 0.3 is 17.2 Å². The molecule has 0 saturated carbocycles. The SMILES string of the molecule is O=C1C([N+](=O)[O-])=C[N]C=C1[N+](=O)[O-].